The summed E-state index contributed by atoms with van der Waals surface area (Å²) < 4.78 is 5.63. The van der Waals surface area contributed by atoms with Crippen molar-refractivity contribution < 1.29 is 4.74 Å². The molecule has 5 heteroatoms. The molecular weight excluding hydrogens is 324 g/mol. The van der Waals surface area contributed by atoms with Gasteiger partial charge in [0, 0.05) is 11.1 Å². The van der Waals surface area contributed by atoms with Crippen LogP contribution in [0, 0.1) is 11.3 Å². The van der Waals surface area contributed by atoms with Gasteiger partial charge in [0.15, 0.2) is 0 Å². The van der Waals surface area contributed by atoms with Crippen molar-refractivity contribution in [2.24, 2.45) is 5.73 Å². The Bertz CT molecular complexity index is 899. The van der Waals surface area contributed by atoms with Gasteiger partial charge in [-0.3, -0.25) is 5.10 Å². The number of H-pyrrole nitrogens is 1. The highest BCUT2D eigenvalue weighted by Gasteiger charge is 2.38. The highest BCUT2D eigenvalue weighted by molar-refractivity contribution is 5.56. The summed E-state index contributed by atoms with van der Waals surface area (Å²) in [5.41, 5.74) is 10.5. The van der Waals surface area contributed by atoms with Crippen molar-refractivity contribution in [2.45, 2.75) is 58.3 Å². The van der Waals surface area contributed by atoms with Gasteiger partial charge in [0.25, 0.3) is 0 Å². The second-order valence-electron chi connectivity index (χ2n) is 8.86. The zero-order valence-electron chi connectivity index (χ0n) is 16.3. The summed E-state index contributed by atoms with van der Waals surface area (Å²) in [6.07, 6.45) is 0. The Morgan fingerprint density at radius 2 is 1.69 bits per heavy atom. The van der Waals surface area contributed by atoms with Crippen molar-refractivity contribution in [1.82, 2.24) is 10.2 Å². The smallest absolute Gasteiger partial charge is 0.244 e. The Labute approximate surface area is 154 Å². The molecule has 2 heterocycles. The van der Waals surface area contributed by atoms with Crippen molar-refractivity contribution in [2.75, 3.05) is 0 Å². The largest absolute Gasteiger partial charge is 0.420 e. The molecule has 0 saturated carbocycles. The van der Waals surface area contributed by atoms with Crippen LogP contribution in [0.2, 0.25) is 0 Å². The quantitative estimate of drug-likeness (QED) is 0.806. The molecule has 0 bridgehead atoms. The van der Waals surface area contributed by atoms with Crippen LogP contribution in [0.4, 0.5) is 0 Å². The van der Waals surface area contributed by atoms with E-state index in [0.717, 1.165) is 16.8 Å². The number of ether oxygens (including phenoxy) is 1. The van der Waals surface area contributed by atoms with Crippen LogP contribution in [0.3, 0.4) is 0 Å². The number of nitrogens with zero attached hydrogens (tertiary/aromatic N) is 2. The third-order valence-corrected chi connectivity index (χ3v) is 4.80. The molecule has 0 fully saturated rings. The normalized spacial score (nSPS) is 17.5. The average molecular weight is 350 g/mol. The molecule has 0 saturated heterocycles. The molecule has 1 aliphatic heterocycles. The average Bonchev–Trinajstić information content (AvgIpc) is 2.96. The third-order valence-electron chi connectivity index (χ3n) is 4.80. The molecule has 1 aromatic heterocycles. The summed E-state index contributed by atoms with van der Waals surface area (Å²) in [6.45, 7) is 12.9. The number of aromatic amines is 1. The predicted molar refractivity (Wildman–Crippen MR) is 102 cm³/mol. The number of nitrogens with one attached hydrogen (secondary N) is 1. The van der Waals surface area contributed by atoms with Crippen molar-refractivity contribution in [3.63, 3.8) is 0 Å². The van der Waals surface area contributed by atoms with Gasteiger partial charge in [0.05, 0.1) is 11.5 Å². The molecule has 26 heavy (non-hydrogen) atoms. The maximum absolute atomic E-state index is 9.74. The Hall–Kier alpha value is -2.74. The van der Waals surface area contributed by atoms with Gasteiger partial charge in [-0.2, -0.15) is 5.26 Å². The minimum absolute atomic E-state index is 0.0680. The number of fused-ring (bicyclic) bond motifs is 1. The van der Waals surface area contributed by atoms with E-state index in [-0.39, 0.29) is 22.6 Å². The number of benzene rings is 1. The van der Waals surface area contributed by atoms with Gasteiger partial charge in [0.1, 0.15) is 11.6 Å². The fourth-order valence-corrected chi connectivity index (χ4v) is 3.33. The summed E-state index contributed by atoms with van der Waals surface area (Å²) in [7, 11) is 0. The molecule has 5 nitrogen and oxygen atoms in total. The first-order chi connectivity index (χ1) is 12.0. The molecule has 136 valence electrons. The van der Waals surface area contributed by atoms with Crippen LogP contribution in [0.25, 0.3) is 0 Å². The summed E-state index contributed by atoms with van der Waals surface area (Å²) in [6, 6.07) is 10.6. The van der Waals surface area contributed by atoms with E-state index in [1.807, 2.05) is 0 Å². The molecule has 1 aromatic carbocycles. The Morgan fingerprint density at radius 3 is 2.19 bits per heavy atom. The molecule has 2 aromatic rings. The molecule has 0 unspecified atom stereocenters. The van der Waals surface area contributed by atoms with Gasteiger partial charge in [-0.15, -0.1) is 5.10 Å². The van der Waals surface area contributed by atoms with Gasteiger partial charge >= 0.3 is 0 Å². The first-order valence-electron chi connectivity index (χ1n) is 8.81. The number of allylic oxidation sites excluding steroid dienone is 1. The van der Waals surface area contributed by atoms with E-state index in [1.165, 1.54) is 5.56 Å². The first kappa shape index (κ1) is 18.1. The molecular formula is C21H26N4O. The second kappa shape index (κ2) is 5.91. The van der Waals surface area contributed by atoms with Crippen LogP contribution in [0.5, 0.6) is 5.88 Å². The summed E-state index contributed by atoms with van der Waals surface area (Å²) >= 11 is 0. The Morgan fingerprint density at radius 1 is 1.08 bits per heavy atom. The van der Waals surface area contributed by atoms with Gasteiger partial charge in [-0.05, 0) is 16.5 Å². The molecule has 1 atom stereocenters. The number of nitrogens with two attached hydrogens (primary N) is 1. The molecule has 0 radical (unpaired) electrons. The maximum Gasteiger partial charge on any atom is 0.244 e. The first-order valence-corrected chi connectivity index (χ1v) is 8.81. The van der Waals surface area contributed by atoms with Crippen LogP contribution >= 0.6 is 0 Å². The lowest BCUT2D eigenvalue weighted by Crippen LogP contribution is -2.24. The van der Waals surface area contributed by atoms with Gasteiger partial charge < -0.3 is 10.5 Å². The van der Waals surface area contributed by atoms with E-state index in [0.29, 0.717) is 11.5 Å². The minimum Gasteiger partial charge on any atom is -0.420 e. The fourth-order valence-electron chi connectivity index (χ4n) is 3.33. The Balaban J connectivity index is 2.19. The highest BCUT2D eigenvalue weighted by atomic mass is 16.5. The lowest BCUT2D eigenvalue weighted by molar-refractivity contribution is 0.378. The number of hydrogen-bond donors (Lipinski definition) is 2. The van der Waals surface area contributed by atoms with Crippen molar-refractivity contribution in [1.29, 1.82) is 5.26 Å². The zero-order chi connectivity index (χ0) is 19.3. The topological polar surface area (TPSA) is 87.7 Å². The van der Waals surface area contributed by atoms with Crippen LogP contribution in [0.1, 0.15) is 69.8 Å². The van der Waals surface area contributed by atoms with Gasteiger partial charge in [0.2, 0.25) is 11.8 Å². The SMILES string of the molecule is CC(C)(C)c1ccc([C@H]2C(C#N)=C(N)Oc3n[nH]c(C(C)(C)C)c32)cc1. The van der Waals surface area contributed by atoms with Gasteiger partial charge in [-0.1, -0.05) is 65.8 Å². The van der Waals surface area contributed by atoms with Crippen LogP contribution < -0.4 is 10.5 Å². The molecule has 0 amide bonds. The van der Waals surface area contributed by atoms with E-state index in [2.05, 4.69) is 82.1 Å². The summed E-state index contributed by atoms with van der Waals surface area (Å²) in [5, 5.41) is 17.1. The molecule has 1 aliphatic rings. The molecule has 3 N–H and O–H groups in total. The van der Waals surface area contributed by atoms with Crippen LogP contribution in [-0.2, 0) is 10.8 Å². The monoisotopic (exact) mass is 350 g/mol. The number of aromatic nitrogens is 2. The molecule has 0 aliphatic carbocycles. The van der Waals surface area contributed by atoms with Crippen molar-refractivity contribution in [3.8, 4) is 11.9 Å². The van der Waals surface area contributed by atoms with E-state index in [4.69, 9.17) is 10.5 Å². The summed E-state index contributed by atoms with van der Waals surface area (Å²) in [4.78, 5) is 0. The van der Waals surface area contributed by atoms with E-state index < -0.39 is 0 Å². The van der Waals surface area contributed by atoms with Gasteiger partial charge in [-0.25, -0.2) is 0 Å². The maximum atomic E-state index is 9.74. The van der Waals surface area contributed by atoms with E-state index in [1.54, 1.807) is 0 Å². The lowest BCUT2D eigenvalue weighted by Gasteiger charge is -2.28. The highest BCUT2D eigenvalue weighted by Crippen LogP contribution is 2.45. The van der Waals surface area contributed by atoms with E-state index in [9.17, 15) is 5.26 Å². The van der Waals surface area contributed by atoms with Crippen molar-refractivity contribution >= 4 is 0 Å². The fraction of sp³-hybridized carbons (Fsp3) is 0.429. The van der Waals surface area contributed by atoms with Crippen LogP contribution in [-0.4, -0.2) is 10.2 Å². The molecule has 3 rings (SSSR count). The second-order valence-corrected chi connectivity index (χ2v) is 8.86. The Kier molecular flexibility index (Phi) is 4.11. The summed E-state index contributed by atoms with van der Waals surface area (Å²) in [5.74, 6) is 0.291. The number of nitriles is 1. The van der Waals surface area contributed by atoms with Crippen LogP contribution in [0.15, 0.2) is 35.7 Å². The predicted octanol–water partition coefficient (Wildman–Crippen LogP) is 4.22. The molecule has 0 spiro atoms. The standard InChI is InChI=1S/C21H26N4O/c1-20(2,3)13-9-7-12(8-10-13)15-14(11-22)18(23)26-19-16(15)17(24-25-19)21(4,5)6/h7-10,15H,23H2,1-6H3,(H,24,25)/t15-/m0/s1. The van der Waals surface area contributed by atoms with E-state index >= 15 is 0 Å². The third kappa shape index (κ3) is 2.96. The number of rotatable bonds is 1. The lowest BCUT2D eigenvalue weighted by atomic mass is 9.78. The zero-order valence-corrected chi connectivity index (χ0v) is 16.3. The number of hydrogen-bond acceptors (Lipinski definition) is 4. The minimum atomic E-state index is -0.286. The van der Waals surface area contributed by atoms with Crippen molar-refractivity contribution in [3.05, 3.63) is 58.1 Å².